The van der Waals surface area contributed by atoms with E-state index in [4.69, 9.17) is 50.6 Å². The average molecular weight is 1660 g/mol. The summed E-state index contributed by atoms with van der Waals surface area (Å²) in [4.78, 5) is 64.2. The number of ketones is 2. The molecule has 23 heteroatoms. The second kappa shape index (κ2) is 49.4. The number of nitrogens with zero attached hydrogens (tertiary/aromatic N) is 12. The average Bonchev–Trinajstić information content (AvgIpc) is 1.55. The number of hydrogen-bond donors (Lipinski definition) is 3. The number of pyridine rings is 3. The Labute approximate surface area is 684 Å². The summed E-state index contributed by atoms with van der Waals surface area (Å²) < 4.78 is 29.1. The number of carboxylic acids is 1. The van der Waals surface area contributed by atoms with Gasteiger partial charge in [0.05, 0.1) is 68.5 Å². The van der Waals surface area contributed by atoms with E-state index in [2.05, 4.69) is 99.6 Å². The number of carbonyl (C=O) groups is 3. The normalized spacial score (nSPS) is 16.4. The van der Waals surface area contributed by atoms with Crippen molar-refractivity contribution in [2.75, 3.05) is 77.5 Å². The summed E-state index contributed by atoms with van der Waals surface area (Å²) in [5.74, 6) is 1.77. The van der Waals surface area contributed by atoms with Gasteiger partial charge in [0, 0.05) is 85.8 Å². The summed E-state index contributed by atoms with van der Waals surface area (Å²) in [6, 6.07) is 55.5. The highest BCUT2D eigenvalue weighted by molar-refractivity contribution is 9.10. The molecule has 113 heavy (non-hydrogen) atoms. The van der Waals surface area contributed by atoms with Gasteiger partial charge in [0.15, 0.2) is 22.9 Å². The Morgan fingerprint density at radius 3 is 1.17 bits per heavy atom. The number of nitrogens with one attached hydrogen (secondary N) is 1. The largest absolute Gasteiger partial charge is 0.490 e. The Bertz CT molecular complexity index is 4370. The quantitative estimate of drug-likeness (QED) is 0.0533. The van der Waals surface area contributed by atoms with Crippen molar-refractivity contribution in [2.24, 2.45) is 17.6 Å². The van der Waals surface area contributed by atoms with Crippen molar-refractivity contribution in [3.05, 3.63) is 259 Å². The third kappa shape index (κ3) is 33.6. The molecule has 0 atom stereocenters. The van der Waals surface area contributed by atoms with Gasteiger partial charge in [-0.3, -0.25) is 38.6 Å². The van der Waals surface area contributed by atoms with Crippen LogP contribution in [0.2, 0.25) is 0 Å². The second-order valence-corrected chi connectivity index (χ2v) is 30.7. The Hall–Kier alpha value is -10.1. The number of hydrogen-bond acceptors (Lipinski definition) is 17. The van der Waals surface area contributed by atoms with Gasteiger partial charge >= 0.3 is 5.97 Å². The number of aromatic carboxylic acids is 1. The van der Waals surface area contributed by atoms with Crippen LogP contribution in [0.4, 0.5) is 21.5 Å². The lowest BCUT2D eigenvalue weighted by Crippen LogP contribution is -2.39. The zero-order valence-electron chi connectivity index (χ0n) is 65.3. The van der Waals surface area contributed by atoms with Crippen LogP contribution < -0.4 is 25.4 Å². The Balaban J connectivity index is 0.000000186. The molecule has 590 valence electrons. The summed E-state index contributed by atoms with van der Waals surface area (Å²) in [5, 5.41) is 38.2. The van der Waals surface area contributed by atoms with E-state index < -0.39 is 13.1 Å². The van der Waals surface area contributed by atoms with Gasteiger partial charge in [-0.15, -0.1) is 0 Å². The molecule has 15 rings (SSSR count). The number of nitriles is 3. The first-order valence-corrected chi connectivity index (χ1v) is 40.6. The number of carbonyl (C=O) groups excluding carboxylic acids is 2. The summed E-state index contributed by atoms with van der Waals surface area (Å²) in [5.41, 5.74) is 15.2. The van der Waals surface area contributed by atoms with Crippen LogP contribution in [-0.2, 0) is 19.6 Å². The lowest BCUT2D eigenvalue weighted by atomic mass is 9.90. The number of nitrogens with two attached hydrogens (primary N) is 1. The standard InChI is InChI=1S/C32H33N5O2.C20H20BrN3O.C13H17N3.C12H14N2O.C6H4BrNO2.2C3H6.CH3F/c1-34-27-6-9-29(10-7-27)39-30-14-18-37(19-15-30)28-8-11-31(35-22-28)32(38)20-24-12-16-36(17-13-24)23-26-4-2-25(21-33)3-5-26;21-18-5-6-19(23-13-18)20(25)11-15-7-9-24(10-8-15)14-17-3-1-16(12-22)2-4-17;14-9-11-1-3-12(4-2-11)10-16-7-5-13(15)6-8-16;1-13-10-2-4-11(5-3-10)15-12-6-8-14-9-7-12;7-4-1-2-5(6(9)10)8-3-4;2*1-2-3-1;1-2/h2-11,22,24,30H,12-20,23H2;1-6,13,15H,7-11,14H2;1-4,13H,5-8,10,15H2;2-5,12,14H,6-9H2;1-3H,(H,9,10);2*1-3H2;1H3/i;;;;;;;1D. The number of benzene rings is 5. The number of Topliss-reactive ketones (excluding diaryl/α,β-unsaturated/α-hetero) is 2. The van der Waals surface area contributed by atoms with Crippen LogP contribution >= 0.6 is 31.9 Å². The van der Waals surface area contributed by atoms with Crippen LogP contribution in [-0.4, -0.2) is 143 Å². The van der Waals surface area contributed by atoms with E-state index in [1.165, 1.54) is 67.5 Å². The van der Waals surface area contributed by atoms with E-state index in [-0.39, 0.29) is 23.4 Å². The van der Waals surface area contributed by atoms with E-state index in [1.54, 1.807) is 42.6 Å². The number of carboxylic acid groups (broad SMARTS) is 1. The zero-order valence-corrected chi connectivity index (χ0v) is 67.5. The summed E-state index contributed by atoms with van der Waals surface area (Å²) in [7, 11) is -1.00. The van der Waals surface area contributed by atoms with Gasteiger partial charge in [0.1, 0.15) is 40.8 Å². The van der Waals surface area contributed by atoms with Crippen molar-refractivity contribution < 1.29 is 34.7 Å². The van der Waals surface area contributed by atoms with Crippen LogP contribution in [0.3, 0.4) is 0 Å². The van der Waals surface area contributed by atoms with Crippen LogP contribution in [0.25, 0.3) is 9.69 Å². The summed E-state index contributed by atoms with van der Waals surface area (Å²) in [6.07, 6.45) is 25.8. The number of halogens is 3. The molecule has 7 fully saturated rings. The van der Waals surface area contributed by atoms with Gasteiger partial charge in [-0.05, 0) is 261 Å². The van der Waals surface area contributed by atoms with E-state index in [9.17, 15) is 18.8 Å². The molecule has 2 aliphatic carbocycles. The molecule has 5 aromatic carbocycles. The summed E-state index contributed by atoms with van der Waals surface area (Å²) in [6.45, 7) is 26.6. The maximum atomic E-state index is 12.9. The minimum Gasteiger partial charge on any atom is -0.490 e. The molecule has 5 saturated heterocycles. The lowest BCUT2D eigenvalue weighted by Gasteiger charge is -2.33. The number of rotatable bonds is 18. The molecule has 0 spiro atoms. The number of ether oxygens (including phenoxy) is 2. The van der Waals surface area contributed by atoms with Crippen molar-refractivity contribution >= 4 is 66.5 Å². The van der Waals surface area contributed by atoms with Gasteiger partial charge in [0.25, 0.3) is 0 Å². The highest BCUT2D eigenvalue weighted by atomic mass is 79.9. The minimum atomic E-state index is -1.01. The third-order valence-corrected chi connectivity index (χ3v) is 20.7. The van der Waals surface area contributed by atoms with Crippen molar-refractivity contribution in [1.29, 1.82) is 15.8 Å². The number of alkyl halides is 1. The van der Waals surface area contributed by atoms with E-state index >= 15 is 0 Å². The van der Waals surface area contributed by atoms with E-state index in [0.717, 1.165) is 181 Å². The van der Waals surface area contributed by atoms with Crippen LogP contribution in [0.5, 0.6) is 11.5 Å². The van der Waals surface area contributed by atoms with Gasteiger partial charge in [-0.1, -0.05) is 99.2 Å². The predicted octanol–water partition coefficient (Wildman–Crippen LogP) is 18.6. The molecule has 0 amide bonds. The maximum absolute atomic E-state index is 12.9. The lowest BCUT2D eigenvalue weighted by molar-refractivity contribution is 0.0689. The maximum Gasteiger partial charge on any atom is 0.354 e. The molecule has 7 aliphatic rings. The smallest absolute Gasteiger partial charge is 0.354 e. The molecule has 5 aliphatic heterocycles. The minimum absolute atomic E-state index is 0.0585. The van der Waals surface area contributed by atoms with Crippen LogP contribution in [0, 0.1) is 59.0 Å². The van der Waals surface area contributed by atoms with Gasteiger partial charge < -0.3 is 30.5 Å². The summed E-state index contributed by atoms with van der Waals surface area (Å²) >= 11 is 6.48. The monoisotopic (exact) mass is 1650 g/mol. The number of piperidine rings is 5. The van der Waals surface area contributed by atoms with E-state index in [0.29, 0.717) is 70.7 Å². The van der Waals surface area contributed by atoms with Gasteiger partial charge in [-0.25, -0.2) is 19.5 Å². The van der Waals surface area contributed by atoms with Gasteiger partial charge in [-0.2, -0.15) is 15.8 Å². The fourth-order valence-electron chi connectivity index (χ4n) is 12.9. The first kappa shape index (κ1) is 86.9. The topological polar surface area (TPSA) is 260 Å². The Morgan fingerprint density at radius 2 is 0.850 bits per heavy atom. The van der Waals surface area contributed by atoms with Crippen molar-refractivity contribution in [1.82, 2.24) is 35.0 Å². The van der Waals surface area contributed by atoms with Gasteiger partial charge in [0.2, 0.25) is 0 Å². The molecule has 2 saturated carbocycles. The molecule has 8 heterocycles. The highest BCUT2D eigenvalue weighted by Crippen LogP contribution is 2.30. The molecule has 0 unspecified atom stereocenters. The number of aromatic nitrogens is 3. The first-order valence-electron chi connectivity index (χ1n) is 39.7. The van der Waals surface area contributed by atoms with E-state index in [1.807, 2.05) is 121 Å². The fourth-order valence-corrected chi connectivity index (χ4v) is 13.3. The number of anilines is 1. The predicted molar refractivity (Wildman–Crippen MR) is 447 cm³/mol. The molecule has 8 aromatic rings. The SMILES string of the molecule is C1CC1.C1CC1.N#Cc1ccc(CN2CCC(CC(=O)c3ccc(Br)cn3)CC2)cc1.N#Cc1ccc(CN2CCC(N)CC2)cc1.O=C(O)c1ccc(Br)cn1.[2H]CF.[C-]#[N+]c1ccc(OC2CCN(c3ccc(C(=O)CC4CCN(Cc5ccc(C#N)cc5)CC4)nc3)CC2)cc1.[C-]#[N+]c1ccc(OC2CCNCC2)cc1. The molecule has 3 aromatic heterocycles. The zero-order chi connectivity index (χ0) is 81.1. The molecule has 4 N–H and O–H groups in total. The fraction of sp³-hybridized carbons (Fsp3) is 0.411. The Kier molecular flexibility index (Phi) is 38.0. The van der Waals surface area contributed by atoms with Crippen molar-refractivity contribution in [3.63, 3.8) is 0 Å². The highest BCUT2D eigenvalue weighted by Gasteiger charge is 2.27. The first-order chi connectivity index (χ1) is 55.5. The van der Waals surface area contributed by atoms with Crippen molar-refractivity contribution in [2.45, 2.75) is 153 Å². The molecule has 0 radical (unpaired) electrons. The second-order valence-electron chi connectivity index (χ2n) is 28.9. The molecule has 20 nitrogen and oxygen atoms in total. The molecule has 0 bridgehead atoms. The Morgan fingerprint density at radius 1 is 0.504 bits per heavy atom. The van der Waals surface area contributed by atoms with Crippen LogP contribution in [0.1, 0.15) is 182 Å². The third-order valence-electron chi connectivity index (χ3n) is 19.8. The van der Waals surface area contributed by atoms with Crippen molar-refractivity contribution in [3.8, 4) is 29.7 Å². The number of likely N-dealkylation sites (tertiary alicyclic amines) is 3. The van der Waals surface area contributed by atoms with Crippen LogP contribution in [0.15, 0.2) is 185 Å². The molecular weight excluding hydrogens is 1550 g/mol. The molecular formula is C90H103Br2FN14O6.